The Morgan fingerprint density at radius 1 is 1.07 bits per heavy atom. The molecule has 0 saturated heterocycles. The lowest BCUT2D eigenvalue weighted by Crippen LogP contribution is -2.09. The van der Waals surface area contributed by atoms with Gasteiger partial charge in [-0.1, -0.05) is 31.2 Å². The zero-order chi connectivity index (χ0) is 20.4. The first-order valence-corrected chi connectivity index (χ1v) is 9.10. The van der Waals surface area contributed by atoms with E-state index in [9.17, 15) is 14.0 Å². The van der Waals surface area contributed by atoms with Crippen molar-refractivity contribution in [1.29, 1.82) is 0 Å². The fourth-order valence-electron chi connectivity index (χ4n) is 3.07. The summed E-state index contributed by atoms with van der Waals surface area (Å²) in [6.45, 7) is 1.78. The number of nitrogens with zero attached hydrogens (tertiary/aromatic N) is 3. The van der Waals surface area contributed by atoms with Crippen LogP contribution < -0.4 is 5.32 Å². The van der Waals surface area contributed by atoms with Gasteiger partial charge in [-0.2, -0.15) is 5.10 Å². The number of amides is 1. The molecule has 2 heterocycles. The second kappa shape index (κ2) is 7.63. The third-order valence-corrected chi connectivity index (χ3v) is 4.53. The molecule has 1 amide bonds. The van der Waals surface area contributed by atoms with E-state index in [4.69, 9.17) is 0 Å². The van der Waals surface area contributed by atoms with Crippen LogP contribution in [0.5, 0.6) is 0 Å². The van der Waals surface area contributed by atoms with E-state index in [1.54, 1.807) is 31.3 Å². The Labute approximate surface area is 166 Å². The molecule has 0 aliphatic rings. The number of aromatic nitrogens is 3. The van der Waals surface area contributed by atoms with E-state index in [0.29, 0.717) is 23.4 Å². The van der Waals surface area contributed by atoms with Gasteiger partial charge in [-0.3, -0.25) is 9.59 Å². The van der Waals surface area contributed by atoms with Crippen LogP contribution in [0.3, 0.4) is 0 Å². The van der Waals surface area contributed by atoms with Gasteiger partial charge in [0, 0.05) is 23.9 Å². The van der Waals surface area contributed by atoms with E-state index in [1.807, 2.05) is 18.2 Å². The highest BCUT2D eigenvalue weighted by atomic mass is 19.1. The Morgan fingerprint density at radius 3 is 2.69 bits per heavy atom. The molecule has 4 aromatic rings. The summed E-state index contributed by atoms with van der Waals surface area (Å²) in [4.78, 5) is 28.8. The number of fused-ring (bicyclic) bond motifs is 1. The van der Waals surface area contributed by atoms with Crippen molar-refractivity contribution in [3.63, 3.8) is 0 Å². The van der Waals surface area contributed by atoms with E-state index < -0.39 is 11.6 Å². The van der Waals surface area contributed by atoms with Crippen LogP contribution in [-0.4, -0.2) is 26.3 Å². The first kappa shape index (κ1) is 18.5. The molecule has 0 atom stereocenters. The van der Waals surface area contributed by atoms with Crippen LogP contribution >= 0.6 is 0 Å². The summed E-state index contributed by atoms with van der Waals surface area (Å²) in [5.74, 6) is -1.15. The highest BCUT2D eigenvalue weighted by Gasteiger charge is 2.20. The minimum atomic E-state index is -0.590. The average Bonchev–Trinajstić information content (AvgIpc) is 3.18. The van der Waals surface area contributed by atoms with Crippen molar-refractivity contribution in [2.24, 2.45) is 0 Å². The molecule has 0 aliphatic carbocycles. The number of carbonyl (C=O) groups is 2. The van der Waals surface area contributed by atoms with Crippen molar-refractivity contribution in [2.75, 3.05) is 5.32 Å². The maximum absolute atomic E-state index is 14.1. The summed E-state index contributed by atoms with van der Waals surface area (Å²) in [5, 5.41) is 7.12. The van der Waals surface area contributed by atoms with E-state index in [-0.39, 0.29) is 17.0 Å². The van der Waals surface area contributed by atoms with Gasteiger partial charge in [0.15, 0.2) is 5.65 Å². The Balaban J connectivity index is 1.77. The number of carbonyl (C=O) groups excluding carboxylic acids is 2. The van der Waals surface area contributed by atoms with Crippen molar-refractivity contribution >= 4 is 23.0 Å². The molecule has 29 heavy (non-hydrogen) atoms. The van der Waals surface area contributed by atoms with Gasteiger partial charge in [0.05, 0.1) is 23.0 Å². The number of ketones is 1. The van der Waals surface area contributed by atoms with Crippen molar-refractivity contribution in [1.82, 2.24) is 14.6 Å². The van der Waals surface area contributed by atoms with E-state index in [1.165, 1.54) is 28.9 Å². The van der Waals surface area contributed by atoms with Gasteiger partial charge in [-0.15, -0.1) is 0 Å². The van der Waals surface area contributed by atoms with Crippen LogP contribution in [-0.2, 0) is 4.79 Å². The summed E-state index contributed by atoms with van der Waals surface area (Å²) in [6.07, 6.45) is 3.34. The third-order valence-electron chi connectivity index (χ3n) is 4.53. The lowest BCUT2D eigenvalue weighted by molar-refractivity contribution is -0.115. The number of anilines is 1. The number of hydrogen-bond acceptors (Lipinski definition) is 4. The van der Waals surface area contributed by atoms with Crippen LogP contribution in [0.15, 0.2) is 67.0 Å². The lowest BCUT2D eigenvalue weighted by Gasteiger charge is -2.08. The van der Waals surface area contributed by atoms with E-state index in [0.717, 1.165) is 5.56 Å². The summed E-state index contributed by atoms with van der Waals surface area (Å²) < 4.78 is 15.6. The predicted octanol–water partition coefficient (Wildman–Crippen LogP) is 4.11. The van der Waals surface area contributed by atoms with Crippen LogP contribution in [0, 0.1) is 5.82 Å². The van der Waals surface area contributed by atoms with Gasteiger partial charge in [-0.25, -0.2) is 13.9 Å². The minimum absolute atomic E-state index is 0.0288. The topological polar surface area (TPSA) is 76.4 Å². The molecule has 7 heteroatoms. The Bertz CT molecular complexity index is 1230. The highest BCUT2D eigenvalue weighted by Crippen LogP contribution is 2.25. The number of halogens is 1. The summed E-state index contributed by atoms with van der Waals surface area (Å²) in [5.41, 5.74) is 2.66. The predicted molar refractivity (Wildman–Crippen MR) is 107 cm³/mol. The molecule has 2 aromatic carbocycles. The quantitative estimate of drug-likeness (QED) is 0.522. The maximum Gasteiger partial charge on any atom is 0.224 e. The second-order valence-corrected chi connectivity index (χ2v) is 6.42. The second-order valence-electron chi connectivity index (χ2n) is 6.42. The van der Waals surface area contributed by atoms with E-state index >= 15 is 0 Å². The van der Waals surface area contributed by atoms with Crippen molar-refractivity contribution in [2.45, 2.75) is 13.3 Å². The van der Waals surface area contributed by atoms with Gasteiger partial charge < -0.3 is 5.32 Å². The van der Waals surface area contributed by atoms with Gasteiger partial charge in [0.1, 0.15) is 5.82 Å². The lowest BCUT2D eigenvalue weighted by atomic mass is 10.1. The zero-order valence-electron chi connectivity index (χ0n) is 15.6. The molecule has 144 valence electrons. The third kappa shape index (κ3) is 3.50. The molecule has 4 rings (SSSR count). The number of hydrogen-bond donors (Lipinski definition) is 1. The molecule has 6 nitrogen and oxygen atoms in total. The number of nitrogens with one attached hydrogen (secondary N) is 1. The maximum atomic E-state index is 14.1. The standard InChI is InChI=1S/C22H17FN4O2/c1-2-20(28)26-15-7-5-6-14(12-15)19-10-11-24-22-17(13-25-27(19)22)21(29)16-8-3-4-9-18(16)23/h3-13H,2H2,1H3,(H,26,28). The fraction of sp³-hybridized carbons (Fsp3) is 0.0909. The largest absolute Gasteiger partial charge is 0.326 e. The van der Waals surface area contributed by atoms with Crippen molar-refractivity contribution in [3.05, 3.63) is 83.9 Å². The molecule has 0 saturated carbocycles. The SMILES string of the molecule is CCC(=O)Nc1cccc(-c2ccnc3c(C(=O)c4ccccc4F)cnn23)c1. The smallest absolute Gasteiger partial charge is 0.224 e. The summed E-state index contributed by atoms with van der Waals surface area (Å²) in [7, 11) is 0. The monoisotopic (exact) mass is 388 g/mol. The minimum Gasteiger partial charge on any atom is -0.326 e. The summed E-state index contributed by atoms with van der Waals surface area (Å²) in [6, 6.07) is 14.9. The molecule has 0 aliphatic heterocycles. The van der Waals surface area contributed by atoms with Crippen LogP contribution in [0.2, 0.25) is 0 Å². The number of rotatable bonds is 5. The Morgan fingerprint density at radius 2 is 1.90 bits per heavy atom. The van der Waals surface area contributed by atoms with Crippen molar-refractivity contribution < 1.29 is 14.0 Å². The normalized spacial score (nSPS) is 10.8. The summed E-state index contributed by atoms with van der Waals surface area (Å²) >= 11 is 0. The van der Waals surface area contributed by atoms with Crippen molar-refractivity contribution in [3.8, 4) is 11.3 Å². The molecule has 0 bridgehead atoms. The van der Waals surface area contributed by atoms with Gasteiger partial charge in [0.2, 0.25) is 11.7 Å². The molecule has 2 aromatic heterocycles. The average molecular weight is 388 g/mol. The molecular formula is C22H17FN4O2. The zero-order valence-corrected chi connectivity index (χ0v) is 15.6. The van der Waals surface area contributed by atoms with Crippen LogP contribution in [0.25, 0.3) is 16.9 Å². The first-order chi connectivity index (χ1) is 14.1. The molecular weight excluding hydrogens is 371 g/mol. The van der Waals surface area contributed by atoms with Gasteiger partial charge >= 0.3 is 0 Å². The fourth-order valence-corrected chi connectivity index (χ4v) is 3.07. The van der Waals surface area contributed by atoms with Gasteiger partial charge in [0.25, 0.3) is 0 Å². The number of benzene rings is 2. The van der Waals surface area contributed by atoms with Crippen LogP contribution in [0.4, 0.5) is 10.1 Å². The van der Waals surface area contributed by atoms with Crippen LogP contribution in [0.1, 0.15) is 29.3 Å². The molecule has 0 unspecified atom stereocenters. The molecule has 1 N–H and O–H groups in total. The molecule has 0 spiro atoms. The first-order valence-electron chi connectivity index (χ1n) is 9.10. The molecule has 0 radical (unpaired) electrons. The van der Waals surface area contributed by atoms with Gasteiger partial charge in [-0.05, 0) is 30.3 Å². The highest BCUT2D eigenvalue weighted by molar-refractivity contribution is 6.12. The Hall–Kier alpha value is -3.87. The van der Waals surface area contributed by atoms with E-state index in [2.05, 4.69) is 15.4 Å². The Kier molecular flexibility index (Phi) is 4.87. The molecule has 0 fully saturated rings.